The van der Waals surface area contributed by atoms with Crippen LogP contribution in [0.3, 0.4) is 0 Å². The van der Waals surface area contributed by atoms with E-state index in [4.69, 9.17) is 0 Å². The number of carbonyl (C=O) groups is 2. The van der Waals surface area contributed by atoms with Crippen molar-refractivity contribution in [2.45, 2.75) is 25.0 Å². The third kappa shape index (κ3) is 4.19. The number of amides is 2. The molecule has 3 rings (SSSR count). The number of rotatable bonds is 6. The van der Waals surface area contributed by atoms with E-state index >= 15 is 0 Å². The first-order chi connectivity index (χ1) is 12.0. The summed E-state index contributed by atoms with van der Waals surface area (Å²) in [5.74, 6) is -0.0607. The van der Waals surface area contributed by atoms with Crippen molar-refractivity contribution in [2.24, 2.45) is 0 Å². The molecule has 2 heterocycles. The summed E-state index contributed by atoms with van der Waals surface area (Å²) >= 11 is 1.67. The van der Waals surface area contributed by atoms with Crippen molar-refractivity contribution in [3.63, 3.8) is 0 Å². The van der Waals surface area contributed by atoms with Crippen LogP contribution in [0.4, 0.5) is 10.1 Å². The van der Waals surface area contributed by atoms with E-state index in [-0.39, 0.29) is 18.2 Å². The van der Waals surface area contributed by atoms with Crippen molar-refractivity contribution in [2.75, 3.05) is 17.6 Å². The molecule has 0 spiro atoms. The SMILES string of the molecule is Cc1[nH]cnc1CSCCNC(=O)[C@@H]1CC(=O)Nc2ccc(F)cc21. The maximum atomic E-state index is 13.5. The molecule has 8 heteroatoms. The zero-order valence-electron chi connectivity index (χ0n) is 13.8. The number of nitrogens with zero attached hydrogens (tertiary/aromatic N) is 1. The van der Waals surface area contributed by atoms with Crippen LogP contribution in [0.15, 0.2) is 24.5 Å². The molecule has 0 radical (unpaired) electrons. The van der Waals surface area contributed by atoms with Gasteiger partial charge in [0.2, 0.25) is 11.8 Å². The van der Waals surface area contributed by atoms with E-state index in [1.807, 2.05) is 6.92 Å². The van der Waals surface area contributed by atoms with Gasteiger partial charge in [0.15, 0.2) is 0 Å². The smallest absolute Gasteiger partial charge is 0.228 e. The standard InChI is InChI=1S/C17H19FN4O2S/c1-10-15(21-9-20-10)8-25-5-4-19-17(24)13-7-16(23)22-14-3-2-11(18)6-12(13)14/h2-3,6,9,13H,4-5,7-8H2,1H3,(H,19,24)(H,20,21)(H,22,23)/t13-/m1/s1. The first-order valence-electron chi connectivity index (χ1n) is 7.98. The lowest BCUT2D eigenvalue weighted by Crippen LogP contribution is -2.36. The molecule has 0 saturated carbocycles. The van der Waals surface area contributed by atoms with Gasteiger partial charge in [-0.15, -0.1) is 0 Å². The first kappa shape index (κ1) is 17.5. The zero-order valence-corrected chi connectivity index (χ0v) is 14.6. The van der Waals surface area contributed by atoms with Crippen molar-refractivity contribution >= 4 is 29.3 Å². The summed E-state index contributed by atoms with van der Waals surface area (Å²) in [6, 6.07) is 4.07. The summed E-state index contributed by atoms with van der Waals surface area (Å²) in [7, 11) is 0. The highest BCUT2D eigenvalue weighted by atomic mass is 32.2. The van der Waals surface area contributed by atoms with Gasteiger partial charge >= 0.3 is 0 Å². The minimum absolute atomic E-state index is 0.0297. The Bertz CT molecular complexity index is 793. The number of halogens is 1. The van der Waals surface area contributed by atoms with Crippen molar-refractivity contribution < 1.29 is 14.0 Å². The number of thioether (sulfide) groups is 1. The zero-order chi connectivity index (χ0) is 17.8. The Morgan fingerprint density at radius 3 is 3.08 bits per heavy atom. The minimum atomic E-state index is -0.655. The second-order valence-electron chi connectivity index (χ2n) is 5.85. The van der Waals surface area contributed by atoms with Gasteiger partial charge in [0.25, 0.3) is 0 Å². The number of aromatic nitrogens is 2. The van der Waals surface area contributed by atoms with Crippen LogP contribution in [0.1, 0.15) is 29.3 Å². The summed E-state index contributed by atoms with van der Waals surface area (Å²) in [4.78, 5) is 31.4. The molecule has 1 aromatic carbocycles. The van der Waals surface area contributed by atoms with Crippen molar-refractivity contribution in [3.05, 3.63) is 47.3 Å². The number of benzene rings is 1. The third-order valence-electron chi connectivity index (χ3n) is 4.09. The molecule has 3 N–H and O–H groups in total. The maximum absolute atomic E-state index is 13.5. The predicted molar refractivity (Wildman–Crippen MR) is 94.9 cm³/mol. The van der Waals surface area contributed by atoms with Crippen LogP contribution in [0, 0.1) is 12.7 Å². The van der Waals surface area contributed by atoms with Crippen LogP contribution in [-0.2, 0) is 15.3 Å². The molecule has 1 atom stereocenters. The van der Waals surface area contributed by atoms with Crippen LogP contribution in [-0.4, -0.2) is 34.1 Å². The van der Waals surface area contributed by atoms with Gasteiger partial charge in [-0.1, -0.05) is 0 Å². The minimum Gasteiger partial charge on any atom is -0.355 e. The highest BCUT2D eigenvalue weighted by Gasteiger charge is 2.30. The number of imidazole rings is 1. The van der Waals surface area contributed by atoms with Crippen molar-refractivity contribution in [1.29, 1.82) is 0 Å². The Morgan fingerprint density at radius 2 is 2.32 bits per heavy atom. The van der Waals surface area contributed by atoms with E-state index in [1.54, 1.807) is 18.1 Å². The normalized spacial score (nSPS) is 16.2. The number of hydrogen-bond acceptors (Lipinski definition) is 4. The fourth-order valence-electron chi connectivity index (χ4n) is 2.74. The summed E-state index contributed by atoms with van der Waals surface area (Å²) in [6.45, 7) is 2.45. The molecular formula is C17H19FN4O2S. The predicted octanol–water partition coefficient (Wildman–Crippen LogP) is 2.33. The molecule has 1 aliphatic rings. The summed E-state index contributed by atoms with van der Waals surface area (Å²) < 4.78 is 13.5. The van der Waals surface area contributed by atoms with Crippen LogP contribution < -0.4 is 10.6 Å². The lowest BCUT2D eigenvalue weighted by atomic mass is 9.89. The summed E-state index contributed by atoms with van der Waals surface area (Å²) in [6.07, 6.45) is 1.69. The van der Waals surface area contributed by atoms with E-state index in [0.29, 0.717) is 17.8 Å². The molecule has 0 unspecified atom stereocenters. The van der Waals surface area contributed by atoms with E-state index in [9.17, 15) is 14.0 Å². The van der Waals surface area contributed by atoms with E-state index < -0.39 is 11.7 Å². The average Bonchev–Trinajstić information content (AvgIpc) is 2.99. The fraction of sp³-hybridized carbons (Fsp3) is 0.353. The van der Waals surface area contributed by atoms with Crippen LogP contribution in [0.5, 0.6) is 0 Å². The van der Waals surface area contributed by atoms with E-state index in [0.717, 1.165) is 22.9 Å². The quantitative estimate of drug-likeness (QED) is 0.689. The van der Waals surface area contributed by atoms with Gasteiger partial charge in [-0.3, -0.25) is 9.59 Å². The maximum Gasteiger partial charge on any atom is 0.228 e. The highest BCUT2D eigenvalue weighted by molar-refractivity contribution is 7.98. The Kier molecular flexibility index (Phi) is 5.37. The molecule has 6 nitrogen and oxygen atoms in total. The summed E-state index contributed by atoms with van der Waals surface area (Å²) in [5.41, 5.74) is 3.08. The number of aromatic amines is 1. The summed E-state index contributed by atoms with van der Waals surface area (Å²) in [5, 5.41) is 5.51. The molecule has 2 amide bonds. The number of aryl methyl sites for hydroxylation is 1. The van der Waals surface area contributed by atoms with Crippen molar-refractivity contribution in [3.8, 4) is 0 Å². The number of anilines is 1. The molecule has 1 aliphatic heterocycles. The molecule has 25 heavy (non-hydrogen) atoms. The number of fused-ring (bicyclic) bond motifs is 1. The molecule has 0 bridgehead atoms. The lowest BCUT2D eigenvalue weighted by Gasteiger charge is -2.24. The number of carbonyl (C=O) groups excluding carboxylic acids is 2. The van der Waals surface area contributed by atoms with Gasteiger partial charge in [-0.25, -0.2) is 9.37 Å². The van der Waals surface area contributed by atoms with E-state index in [2.05, 4.69) is 20.6 Å². The molecule has 2 aromatic rings. The van der Waals surface area contributed by atoms with E-state index in [1.165, 1.54) is 18.2 Å². The average molecular weight is 362 g/mol. The molecule has 132 valence electrons. The van der Waals surface area contributed by atoms with Crippen LogP contribution >= 0.6 is 11.8 Å². The van der Waals surface area contributed by atoms with Gasteiger partial charge in [-0.2, -0.15) is 11.8 Å². The lowest BCUT2D eigenvalue weighted by molar-refractivity contribution is -0.126. The van der Waals surface area contributed by atoms with Crippen molar-refractivity contribution in [1.82, 2.24) is 15.3 Å². The second-order valence-corrected chi connectivity index (χ2v) is 6.96. The van der Waals surface area contributed by atoms with Gasteiger partial charge in [-0.05, 0) is 30.7 Å². The Balaban J connectivity index is 1.52. The first-order valence-corrected chi connectivity index (χ1v) is 9.13. The molecule has 0 fully saturated rings. The topological polar surface area (TPSA) is 86.9 Å². The number of H-pyrrole nitrogens is 1. The monoisotopic (exact) mass is 362 g/mol. The van der Waals surface area contributed by atoms with Gasteiger partial charge < -0.3 is 15.6 Å². The fourth-order valence-corrected chi connectivity index (χ4v) is 3.61. The largest absolute Gasteiger partial charge is 0.355 e. The van der Waals surface area contributed by atoms with Gasteiger partial charge in [0.1, 0.15) is 5.82 Å². The van der Waals surface area contributed by atoms with Gasteiger partial charge in [0.05, 0.1) is 17.9 Å². The molecule has 0 aliphatic carbocycles. The molecular weight excluding hydrogens is 343 g/mol. The Labute approximate surface area is 149 Å². The second kappa shape index (κ2) is 7.69. The number of nitrogens with one attached hydrogen (secondary N) is 3. The molecule has 0 saturated heterocycles. The molecule has 1 aromatic heterocycles. The number of hydrogen-bond donors (Lipinski definition) is 3. The highest BCUT2D eigenvalue weighted by Crippen LogP contribution is 2.32. The van der Waals surface area contributed by atoms with Gasteiger partial charge in [0, 0.05) is 35.9 Å². The Hall–Kier alpha value is -2.35. The third-order valence-corrected chi connectivity index (χ3v) is 5.06. The van der Waals surface area contributed by atoms with Crippen LogP contribution in [0.25, 0.3) is 0 Å². The Morgan fingerprint density at radius 1 is 1.48 bits per heavy atom. The van der Waals surface area contributed by atoms with Crippen LogP contribution in [0.2, 0.25) is 0 Å².